The van der Waals surface area contributed by atoms with Gasteiger partial charge in [-0.2, -0.15) is 0 Å². The molecule has 0 saturated heterocycles. The highest BCUT2D eigenvalue weighted by atomic mass is 79.9. The molecule has 94 valence electrons. The average Bonchev–Trinajstić information content (AvgIpc) is 2.38. The van der Waals surface area contributed by atoms with Gasteiger partial charge in [0.25, 0.3) is 5.56 Å². The monoisotopic (exact) mass is 317 g/mol. The van der Waals surface area contributed by atoms with Crippen molar-refractivity contribution in [3.63, 3.8) is 0 Å². The second kappa shape index (κ2) is 4.47. The molecule has 19 heavy (non-hydrogen) atoms. The molecule has 0 spiro atoms. The van der Waals surface area contributed by atoms with Crippen LogP contribution in [0.1, 0.15) is 0 Å². The second-order valence-corrected chi connectivity index (χ2v) is 4.92. The summed E-state index contributed by atoms with van der Waals surface area (Å²) in [5.41, 5.74) is 0.261. The van der Waals surface area contributed by atoms with Gasteiger partial charge in [0.15, 0.2) is 0 Å². The summed E-state index contributed by atoms with van der Waals surface area (Å²) >= 11 is 3.39. The van der Waals surface area contributed by atoms with Crippen molar-refractivity contribution in [1.82, 2.24) is 9.97 Å². The van der Waals surface area contributed by atoms with E-state index in [2.05, 4.69) is 31.2 Å². The van der Waals surface area contributed by atoms with Crippen LogP contribution in [0, 0.1) is 0 Å². The van der Waals surface area contributed by atoms with Crippen LogP contribution in [0.5, 0.6) is 0 Å². The highest BCUT2D eigenvalue weighted by Crippen LogP contribution is 2.25. The third-order valence-corrected chi connectivity index (χ3v) is 3.34. The van der Waals surface area contributed by atoms with Crippen LogP contribution < -0.4 is 10.9 Å². The van der Waals surface area contributed by atoms with Gasteiger partial charge in [0.1, 0.15) is 0 Å². The Morgan fingerprint density at radius 3 is 2.84 bits per heavy atom. The maximum atomic E-state index is 12.1. The van der Waals surface area contributed by atoms with Crippen LogP contribution >= 0.6 is 15.9 Å². The van der Waals surface area contributed by atoms with E-state index in [-0.39, 0.29) is 11.5 Å². The summed E-state index contributed by atoms with van der Waals surface area (Å²) in [4.78, 5) is 29.3. The number of benzene rings is 2. The SMILES string of the molecule is O=CNc1nc2ccc3ccc(Br)cc3c2c(=O)[nH]1. The van der Waals surface area contributed by atoms with Crippen LogP contribution in [0.25, 0.3) is 21.7 Å². The molecule has 6 heteroatoms. The second-order valence-electron chi connectivity index (χ2n) is 4.00. The number of anilines is 1. The Morgan fingerprint density at radius 1 is 1.26 bits per heavy atom. The zero-order chi connectivity index (χ0) is 13.4. The molecule has 0 atom stereocenters. The third kappa shape index (κ3) is 2.00. The van der Waals surface area contributed by atoms with Gasteiger partial charge in [-0.3, -0.25) is 19.9 Å². The first-order chi connectivity index (χ1) is 9.19. The van der Waals surface area contributed by atoms with Crippen LogP contribution in [-0.4, -0.2) is 16.4 Å². The predicted molar refractivity (Wildman–Crippen MR) is 77.3 cm³/mol. The number of fused-ring (bicyclic) bond motifs is 3. The van der Waals surface area contributed by atoms with E-state index in [1.807, 2.05) is 24.3 Å². The lowest BCUT2D eigenvalue weighted by atomic mass is 10.1. The Balaban J connectivity index is 2.45. The smallest absolute Gasteiger partial charge is 0.260 e. The largest absolute Gasteiger partial charge is 0.299 e. The molecule has 0 bridgehead atoms. The molecule has 0 radical (unpaired) electrons. The third-order valence-electron chi connectivity index (χ3n) is 2.85. The number of carbonyl (C=O) groups is 1. The summed E-state index contributed by atoms with van der Waals surface area (Å²) in [6.07, 6.45) is 0.474. The molecule has 0 fully saturated rings. The van der Waals surface area contributed by atoms with Gasteiger partial charge in [0.2, 0.25) is 12.4 Å². The minimum absolute atomic E-state index is 0.141. The number of nitrogens with zero attached hydrogens (tertiary/aromatic N) is 1. The fourth-order valence-corrected chi connectivity index (χ4v) is 2.42. The van der Waals surface area contributed by atoms with Crippen LogP contribution in [-0.2, 0) is 4.79 Å². The van der Waals surface area contributed by atoms with Gasteiger partial charge in [-0.25, -0.2) is 4.98 Å². The number of nitrogens with one attached hydrogen (secondary N) is 2. The van der Waals surface area contributed by atoms with Crippen molar-refractivity contribution < 1.29 is 4.79 Å². The molecule has 3 rings (SSSR count). The summed E-state index contributed by atoms with van der Waals surface area (Å²) < 4.78 is 0.891. The summed E-state index contributed by atoms with van der Waals surface area (Å²) in [5, 5.41) is 4.63. The van der Waals surface area contributed by atoms with Gasteiger partial charge in [-0.05, 0) is 29.0 Å². The molecule has 0 saturated carbocycles. The molecule has 0 aliphatic carbocycles. The molecule has 0 aliphatic heterocycles. The number of hydrogen-bond acceptors (Lipinski definition) is 3. The van der Waals surface area contributed by atoms with Crippen molar-refractivity contribution in [3.8, 4) is 0 Å². The van der Waals surface area contributed by atoms with Gasteiger partial charge >= 0.3 is 0 Å². The molecule has 1 aromatic heterocycles. The van der Waals surface area contributed by atoms with E-state index in [4.69, 9.17) is 0 Å². The van der Waals surface area contributed by atoms with Gasteiger partial charge < -0.3 is 0 Å². The van der Waals surface area contributed by atoms with E-state index in [9.17, 15) is 9.59 Å². The predicted octanol–water partition coefficient (Wildman–Crippen LogP) is 2.41. The Bertz CT molecular complexity index is 857. The van der Waals surface area contributed by atoms with E-state index in [0.717, 1.165) is 15.2 Å². The van der Waals surface area contributed by atoms with Crippen LogP contribution in [0.2, 0.25) is 0 Å². The maximum absolute atomic E-state index is 12.1. The number of amides is 1. The number of aromatic amines is 1. The summed E-state index contributed by atoms with van der Waals surface area (Å²) in [6.45, 7) is 0. The molecular weight excluding hydrogens is 310 g/mol. The molecule has 3 aromatic rings. The number of aromatic nitrogens is 2. The van der Waals surface area contributed by atoms with Crippen molar-refractivity contribution in [2.45, 2.75) is 0 Å². The highest BCUT2D eigenvalue weighted by molar-refractivity contribution is 9.10. The summed E-state index contributed by atoms with van der Waals surface area (Å²) in [5.74, 6) is 0.141. The molecule has 0 aliphatic rings. The summed E-state index contributed by atoms with van der Waals surface area (Å²) in [7, 11) is 0. The Hall–Kier alpha value is -2.21. The molecule has 1 amide bonds. The fraction of sp³-hybridized carbons (Fsp3) is 0. The topological polar surface area (TPSA) is 74.8 Å². The number of H-pyrrole nitrogens is 1. The Kier molecular flexibility index (Phi) is 2.79. The molecule has 0 unspecified atom stereocenters. The van der Waals surface area contributed by atoms with Crippen molar-refractivity contribution in [3.05, 3.63) is 45.2 Å². The average molecular weight is 318 g/mol. The number of carbonyl (C=O) groups excluding carboxylic acids is 1. The Labute approximate surface area is 115 Å². The van der Waals surface area contributed by atoms with Crippen molar-refractivity contribution in [1.29, 1.82) is 0 Å². The lowest BCUT2D eigenvalue weighted by Crippen LogP contribution is -2.12. The van der Waals surface area contributed by atoms with Crippen molar-refractivity contribution in [2.75, 3.05) is 5.32 Å². The van der Waals surface area contributed by atoms with Gasteiger partial charge in [0.05, 0.1) is 10.9 Å². The minimum Gasteiger partial charge on any atom is -0.299 e. The van der Waals surface area contributed by atoms with E-state index in [0.29, 0.717) is 17.3 Å². The minimum atomic E-state index is -0.280. The Morgan fingerprint density at radius 2 is 2.05 bits per heavy atom. The molecule has 2 aromatic carbocycles. The summed E-state index contributed by atoms with van der Waals surface area (Å²) in [6, 6.07) is 9.37. The zero-order valence-corrected chi connectivity index (χ0v) is 11.2. The number of halogens is 1. The zero-order valence-electron chi connectivity index (χ0n) is 9.61. The number of rotatable bonds is 2. The lowest BCUT2D eigenvalue weighted by Gasteiger charge is -2.05. The van der Waals surface area contributed by atoms with Crippen LogP contribution in [0.15, 0.2) is 39.6 Å². The van der Waals surface area contributed by atoms with E-state index in [1.165, 1.54) is 0 Å². The molecule has 2 N–H and O–H groups in total. The van der Waals surface area contributed by atoms with Crippen molar-refractivity contribution in [2.24, 2.45) is 0 Å². The van der Waals surface area contributed by atoms with E-state index in [1.54, 1.807) is 6.07 Å². The van der Waals surface area contributed by atoms with Gasteiger partial charge in [-0.1, -0.05) is 28.1 Å². The highest BCUT2D eigenvalue weighted by Gasteiger charge is 2.08. The standard InChI is InChI=1S/C13H8BrN3O2/c14-8-3-1-7-2-4-10-11(9(7)5-8)12(19)17-13(16-10)15-6-18/h1-6H,(H2,15,16,17,18,19). The van der Waals surface area contributed by atoms with Crippen LogP contribution in [0.3, 0.4) is 0 Å². The normalized spacial score (nSPS) is 10.8. The number of hydrogen-bond donors (Lipinski definition) is 2. The van der Waals surface area contributed by atoms with Crippen LogP contribution in [0.4, 0.5) is 5.95 Å². The first-order valence-electron chi connectivity index (χ1n) is 5.51. The molecular formula is C13H8BrN3O2. The first kappa shape index (κ1) is 11.9. The van der Waals surface area contributed by atoms with Gasteiger partial charge in [-0.15, -0.1) is 0 Å². The van der Waals surface area contributed by atoms with E-state index < -0.39 is 0 Å². The molecule has 5 nitrogen and oxygen atoms in total. The quantitative estimate of drug-likeness (QED) is 0.563. The first-order valence-corrected chi connectivity index (χ1v) is 6.31. The maximum Gasteiger partial charge on any atom is 0.260 e. The van der Waals surface area contributed by atoms with Crippen molar-refractivity contribution >= 4 is 50.0 Å². The molecule has 1 heterocycles. The van der Waals surface area contributed by atoms with E-state index >= 15 is 0 Å². The fourth-order valence-electron chi connectivity index (χ4n) is 2.05. The lowest BCUT2D eigenvalue weighted by molar-refractivity contribution is -0.105. The van der Waals surface area contributed by atoms with Gasteiger partial charge in [0, 0.05) is 4.47 Å².